The first-order valence-electron chi connectivity index (χ1n) is 11.1. The van der Waals surface area contributed by atoms with Gasteiger partial charge in [-0.2, -0.15) is 26.3 Å². The molecule has 3 aliphatic rings. The van der Waals surface area contributed by atoms with Crippen molar-refractivity contribution in [1.82, 2.24) is 4.90 Å². The fourth-order valence-electron chi connectivity index (χ4n) is 4.53. The zero-order chi connectivity index (χ0) is 27.0. The normalized spacial score (nSPS) is 23.4. The van der Waals surface area contributed by atoms with Gasteiger partial charge in [-0.15, -0.1) is 0 Å². The highest BCUT2D eigenvalue weighted by Gasteiger charge is 2.63. The predicted octanol–water partition coefficient (Wildman–Crippen LogP) is 7.01. The van der Waals surface area contributed by atoms with Crippen molar-refractivity contribution in [3.63, 3.8) is 0 Å². The Bertz CT molecular complexity index is 1280. The summed E-state index contributed by atoms with van der Waals surface area (Å²) in [5, 5.41) is 1.87. The Morgan fingerprint density at radius 2 is 1.62 bits per heavy atom. The van der Waals surface area contributed by atoms with E-state index in [0.717, 1.165) is 12.8 Å². The molecule has 0 spiro atoms. The summed E-state index contributed by atoms with van der Waals surface area (Å²) < 4.78 is 98.2. The van der Waals surface area contributed by atoms with E-state index in [0.29, 0.717) is 6.07 Å². The third-order valence-electron chi connectivity index (χ3n) is 6.84. The second-order valence-electron chi connectivity index (χ2n) is 9.46. The van der Waals surface area contributed by atoms with Crippen LogP contribution in [0.5, 0.6) is 0 Å². The number of hydrogen-bond donors (Lipinski definition) is 0. The summed E-state index contributed by atoms with van der Waals surface area (Å²) in [4.78, 5) is 18.3. The molecule has 2 aromatic rings. The summed E-state index contributed by atoms with van der Waals surface area (Å²) >= 11 is 11.3. The molecule has 2 fully saturated rings. The van der Waals surface area contributed by atoms with Gasteiger partial charge in [0.2, 0.25) is 5.91 Å². The first-order valence-corrected chi connectivity index (χ1v) is 11.9. The highest BCUT2D eigenvalue weighted by atomic mass is 35.5. The largest absolute Gasteiger partial charge is 0.435 e. The van der Waals surface area contributed by atoms with Gasteiger partial charge in [-0.3, -0.25) is 4.79 Å². The smallest absolute Gasteiger partial charge is 0.374 e. The lowest BCUT2D eigenvalue weighted by Crippen LogP contribution is -2.59. The van der Waals surface area contributed by atoms with E-state index in [2.05, 4.69) is 5.16 Å². The van der Waals surface area contributed by atoms with Gasteiger partial charge in [0.25, 0.3) is 5.60 Å². The minimum absolute atomic E-state index is 0.0380. The molecule has 1 amide bonds. The quantitative estimate of drug-likeness (QED) is 0.372. The first-order chi connectivity index (χ1) is 17.1. The number of carbonyl (C=O) groups excluding carboxylic acids is 1. The van der Waals surface area contributed by atoms with Gasteiger partial charge < -0.3 is 9.74 Å². The van der Waals surface area contributed by atoms with Crippen molar-refractivity contribution in [1.29, 1.82) is 0 Å². The number of oxime groups is 1. The van der Waals surface area contributed by atoms with Crippen LogP contribution in [0.15, 0.2) is 41.6 Å². The van der Waals surface area contributed by atoms with Crippen molar-refractivity contribution in [2.24, 2.45) is 11.1 Å². The molecule has 1 aliphatic carbocycles. The van der Waals surface area contributed by atoms with Gasteiger partial charge in [-0.25, -0.2) is 4.39 Å². The number of rotatable bonds is 4. The number of likely N-dealkylation sites (tertiary alicyclic amines) is 1. The standard InChI is InChI=1S/C24H17Cl2F7N2O2/c25-17-8-15(7-16(19(17)26)23(28,29)30)22(24(31,32)33)9-18(34-37-22)12-3-5-14(6-4-12)21(27)10-35(11-21)20(36)13-1-2-13/h3-8,13H,1-2,9-11H2. The predicted molar refractivity (Wildman–Crippen MR) is 120 cm³/mol. The maximum atomic E-state index is 15.2. The van der Waals surface area contributed by atoms with Crippen LogP contribution >= 0.6 is 23.2 Å². The van der Waals surface area contributed by atoms with Gasteiger partial charge in [0.05, 0.1) is 34.4 Å². The van der Waals surface area contributed by atoms with Crippen LogP contribution in [0.25, 0.3) is 0 Å². The van der Waals surface area contributed by atoms with Crippen molar-refractivity contribution < 1.29 is 40.4 Å². The van der Waals surface area contributed by atoms with Crippen LogP contribution in [0, 0.1) is 5.92 Å². The number of alkyl halides is 7. The third-order valence-corrected chi connectivity index (χ3v) is 7.64. The van der Waals surface area contributed by atoms with Crippen molar-refractivity contribution in [2.75, 3.05) is 13.1 Å². The van der Waals surface area contributed by atoms with E-state index < -0.39 is 51.2 Å². The molecular formula is C24H17Cl2F7N2O2. The molecule has 2 aromatic carbocycles. The molecule has 0 aromatic heterocycles. The van der Waals surface area contributed by atoms with Crippen LogP contribution in [0.2, 0.25) is 10.0 Å². The van der Waals surface area contributed by atoms with Gasteiger partial charge in [-0.1, -0.05) is 52.6 Å². The second-order valence-corrected chi connectivity index (χ2v) is 10.2. The zero-order valence-electron chi connectivity index (χ0n) is 18.7. The first kappa shape index (κ1) is 26.1. The maximum absolute atomic E-state index is 15.2. The number of hydrogen-bond acceptors (Lipinski definition) is 3. The molecule has 4 nitrogen and oxygen atoms in total. The van der Waals surface area contributed by atoms with E-state index in [1.807, 2.05) is 0 Å². The van der Waals surface area contributed by atoms with Crippen molar-refractivity contribution in [3.05, 3.63) is 68.7 Å². The van der Waals surface area contributed by atoms with E-state index in [1.54, 1.807) is 0 Å². The number of benzene rings is 2. The average Bonchev–Trinajstić information content (AvgIpc) is 3.54. The Hall–Kier alpha value is -2.53. The molecule has 0 radical (unpaired) electrons. The molecule has 1 unspecified atom stereocenters. The Kier molecular flexibility index (Phi) is 5.99. The lowest BCUT2D eigenvalue weighted by atomic mass is 9.84. The summed E-state index contributed by atoms with van der Waals surface area (Å²) in [6, 6.07) is 6.39. The molecule has 5 rings (SSSR count). The number of nitrogens with zero attached hydrogens (tertiary/aromatic N) is 2. The summed E-state index contributed by atoms with van der Waals surface area (Å²) in [5.74, 6) is -0.120. The molecule has 1 atom stereocenters. The molecule has 0 bridgehead atoms. The van der Waals surface area contributed by atoms with Crippen LogP contribution in [0.4, 0.5) is 30.7 Å². The lowest BCUT2D eigenvalue weighted by molar-refractivity contribution is -0.276. The van der Waals surface area contributed by atoms with Crippen LogP contribution in [0.1, 0.15) is 41.5 Å². The molecule has 1 saturated carbocycles. The summed E-state index contributed by atoms with van der Waals surface area (Å²) in [7, 11) is 0. The molecular weight excluding hydrogens is 552 g/mol. The molecule has 2 aliphatic heterocycles. The molecule has 0 N–H and O–H groups in total. The Balaban J connectivity index is 1.39. The lowest BCUT2D eigenvalue weighted by Gasteiger charge is -2.45. The van der Waals surface area contributed by atoms with Crippen LogP contribution in [0.3, 0.4) is 0 Å². The molecule has 198 valence electrons. The van der Waals surface area contributed by atoms with Gasteiger partial charge in [0, 0.05) is 17.9 Å². The molecule has 37 heavy (non-hydrogen) atoms. The highest BCUT2D eigenvalue weighted by molar-refractivity contribution is 6.42. The second kappa shape index (κ2) is 8.49. The SMILES string of the molecule is O=C(C1CC1)N1CC(F)(c2ccc(C3=NOC(c4cc(Cl)c(Cl)c(C(F)(F)F)c4)(C(F)(F)F)C3)cc2)C1. The summed E-state index contributed by atoms with van der Waals surface area (Å²) in [6.07, 6.45) is -9.59. The zero-order valence-corrected chi connectivity index (χ0v) is 20.2. The maximum Gasteiger partial charge on any atom is 0.435 e. The number of amides is 1. The van der Waals surface area contributed by atoms with Crippen molar-refractivity contribution in [3.8, 4) is 0 Å². The summed E-state index contributed by atoms with van der Waals surface area (Å²) in [6.45, 7) is -0.219. The minimum atomic E-state index is -5.18. The van der Waals surface area contributed by atoms with Gasteiger partial charge in [-0.05, 0) is 36.1 Å². The average molecular weight is 569 g/mol. The summed E-state index contributed by atoms with van der Waals surface area (Å²) in [5.41, 5.74) is -7.25. The fourth-order valence-corrected chi connectivity index (χ4v) is 4.97. The van der Waals surface area contributed by atoms with E-state index >= 15 is 4.39 Å². The van der Waals surface area contributed by atoms with Gasteiger partial charge in [0.1, 0.15) is 0 Å². The monoisotopic (exact) mass is 568 g/mol. The van der Waals surface area contributed by atoms with Gasteiger partial charge >= 0.3 is 12.4 Å². The van der Waals surface area contributed by atoms with Crippen LogP contribution in [-0.4, -0.2) is 35.8 Å². The minimum Gasteiger partial charge on any atom is -0.374 e. The van der Waals surface area contributed by atoms with E-state index in [9.17, 15) is 31.1 Å². The molecule has 13 heteroatoms. The van der Waals surface area contributed by atoms with E-state index in [1.165, 1.54) is 29.2 Å². The molecule has 2 heterocycles. The van der Waals surface area contributed by atoms with Gasteiger partial charge in [0.15, 0.2) is 5.67 Å². The molecule has 1 saturated heterocycles. The highest BCUT2D eigenvalue weighted by Crippen LogP contribution is 2.51. The Morgan fingerprint density at radius 1 is 1.00 bits per heavy atom. The van der Waals surface area contributed by atoms with Crippen molar-refractivity contribution >= 4 is 34.8 Å². The van der Waals surface area contributed by atoms with E-state index in [4.69, 9.17) is 28.0 Å². The Labute approximate surface area is 215 Å². The topological polar surface area (TPSA) is 41.9 Å². The van der Waals surface area contributed by atoms with Crippen LogP contribution < -0.4 is 0 Å². The Morgan fingerprint density at radius 3 is 2.16 bits per heavy atom. The van der Waals surface area contributed by atoms with E-state index in [-0.39, 0.29) is 47.8 Å². The fraction of sp³-hybridized carbons (Fsp3) is 0.417. The number of carbonyl (C=O) groups is 1. The van der Waals surface area contributed by atoms with Crippen molar-refractivity contribution in [2.45, 2.75) is 42.9 Å². The third kappa shape index (κ3) is 4.43. The number of halogens is 9. The van der Waals surface area contributed by atoms with Crippen LogP contribution in [-0.2, 0) is 27.1 Å².